The summed E-state index contributed by atoms with van der Waals surface area (Å²) in [7, 11) is 1.15. The molecule has 672 valence electrons. The normalized spacial score (nSPS) is 33.7. The Balaban J connectivity index is 1.20. The highest BCUT2D eigenvalue weighted by Crippen LogP contribution is 2.37. The van der Waals surface area contributed by atoms with Crippen LogP contribution in [0.25, 0.3) is 0 Å². The van der Waals surface area contributed by atoms with E-state index in [0.717, 1.165) is 27.9 Å². The maximum atomic E-state index is 13.3. The Kier molecular flexibility index (Phi) is 41.2. The number of amides is 3. The Morgan fingerprint density at radius 1 is 0.466 bits per heavy atom. The summed E-state index contributed by atoms with van der Waals surface area (Å²) in [5.41, 5.74) is 0.0547. The van der Waals surface area contributed by atoms with E-state index in [1.165, 1.54) is 25.6 Å². The molecule has 0 aliphatic carbocycles. The number of nitrogens with one attached hydrogen (secondary N) is 3. The molecular formula is C68H103N3O45S2. The van der Waals surface area contributed by atoms with Gasteiger partial charge in [0.15, 0.2) is 37.2 Å². The number of carboxylic acid groups (broad SMARTS) is 3. The minimum atomic E-state index is -2.48. The fourth-order valence-electron chi connectivity index (χ4n) is 12.2. The molecule has 6 fully saturated rings. The molecule has 118 heavy (non-hydrogen) atoms. The first kappa shape index (κ1) is 99.9. The fourth-order valence-corrected chi connectivity index (χ4v) is 13.6. The molecule has 48 nitrogen and oxygen atoms in total. The van der Waals surface area contributed by atoms with Crippen LogP contribution in [0.15, 0.2) is 12.2 Å². The molecule has 18 unspecified atom stereocenters. The summed E-state index contributed by atoms with van der Waals surface area (Å²) in [5, 5.41) is 137. The van der Waals surface area contributed by atoms with Gasteiger partial charge < -0.3 is 148 Å². The van der Waals surface area contributed by atoms with Gasteiger partial charge in [-0.1, -0.05) is 13.5 Å². The molecule has 30 atom stereocenters. The molecule has 0 aromatic carbocycles. The maximum absolute atomic E-state index is 13.3. The molecule has 0 aromatic heterocycles. The number of aliphatic hydroxyl groups is 9. The minimum absolute atomic E-state index is 0.0175. The Morgan fingerprint density at radius 3 is 1.20 bits per heavy atom. The van der Waals surface area contributed by atoms with Crippen molar-refractivity contribution in [2.45, 2.75) is 264 Å². The number of thioether (sulfide) groups is 1. The summed E-state index contributed by atoms with van der Waals surface area (Å²) in [5.74, 6) is -13.8. The zero-order valence-corrected chi connectivity index (χ0v) is 66.5. The molecule has 0 bridgehead atoms. The first-order chi connectivity index (χ1) is 55.8. The molecule has 0 aromatic rings. The van der Waals surface area contributed by atoms with E-state index in [-0.39, 0.29) is 35.9 Å². The number of rotatable bonds is 45. The molecule has 6 aliphatic rings. The highest BCUT2D eigenvalue weighted by molar-refractivity contribution is 7.99. The Bertz CT molecular complexity index is 3330. The Hall–Kier alpha value is -6.88. The van der Waals surface area contributed by atoms with Crippen molar-refractivity contribution < 1.29 is 219 Å². The number of aliphatic carboxylic acids is 3. The van der Waals surface area contributed by atoms with Gasteiger partial charge in [-0.3, -0.25) is 38.4 Å². The lowest BCUT2D eigenvalue weighted by molar-refractivity contribution is -0.461. The van der Waals surface area contributed by atoms with E-state index in [1.807, 2.05) is 0 Å². The van der Waals surface area contributed by atoms with Crippen LogP contribution in [0, 0.1) is 5.92 Å². The first-order valence-electron chi connectivity index (χ1n) is 36.9. The lowest BCUT2D eigenvalue weighted by Crippen LogP contribution is -2.65. The van der Waals surface area contributed by atoms with Gasteiger partial charge >= 0.3 is 53.7 Å². The zero-order valence-electron chi connectivity index (χ0n) is 64.7. The largest absolute Gasteiger partial charge is 0.479 e. The third kappa shape index (κ3) is 30.0. The highest BCUT2D eigenvalue weighted by Gasteiger charge is 2.57. The number of carboxylic acids is 3. The summed E-state index contributed by atoms with van der Waals surface area (Å²) < 4.78 is 83.3. The molecular weight excluding hydrogens is 1640 g/mol. The fraction of sp³-hybridized carbons (Fsp3) is 0.794. The topological polar surface area (TPSA) is 678 Å². The predicted molar refractivity (Wildman–Crippen MR) is 380 cm³/mol. The van der Waals surface area contributed by atoms with E-state index in [2.05, 4.69) is 35.2 Å². The molecule has 3 amide bonds. The van der Waals surface area contributed by atoms with Crippen LogP contribution in [0.3, 0.4) is 0 Å². The van der Waals surface area contributed by atoms with Gasteiger partial charge in [0, 0.05) is 62.9 Å². The number of carbonyl (C=O) groups is 12. The lowest BCUT2D eigenvalue weighted by Gasteiger charge is -2.46. The maximum Gasteiger partial charge on any atom is 0.335 e. The summed E-state index contributed by atoms with van der Waals surface area (Å²) in [4.78, 5) is 185. The third-order valence-corrected chi connectivity index (χ3v) is 20.0. The van der Waals surface area contributed by atoms with Gasteiger partial charge in [-0.2, -0.15) is 24.4 Å². The summed E-state index contributed by atoms with van der Waals surface area (Å²) in [6.07, 6.45) is -53.5. The van der Waals surface area contributed by atoms with Crippen molar-refractivity contribution in [3.63, 3.8) is 0 Å². The van der Waals surface area contributed by atoms with Gasteiger partial charge in [0.1, 0.15) is 131 Å². The van der Waals surface area contributed by atoms with Gasteiger partial charge in [-0.25, -0.2) is 48.5 Å². The van der Waals surface area contributed by atoms with E-state index in [4.69, 9.17) is 100 Å². The summed E-state index contributed by atoms with van der Waals surface area (Å²) >= 11 is 5.10. The minimum Gasteiger partial charge on any atom is -0.479 e. The molecule has 0 spiro atoms. The SMILES string of the molecule is C=C(C)C(=O)OCCOC(=O)CCC(=O)OCC1O[C@@H](O[C@H]2C(C(=O)O)OC(OOC3CC(NC(C)=O)[C@H](O[C@H]4C(C(=O)O)OC(C)C(O)C4O)O[C@H]3COC(=O)CCC(=O)OCCOC(=O)[C@H](C)CSCC(O)C(O)CS)C(O)C2O)[C@@H](NC(C)=O)C[C@@H]1OOC1OC(C(=O)O)[C@H](O[C@@H]2O[C@@H](CO)[C@@H](OOC)CC2NC(C)=O)C(O)C1O. The van der Waals surface area contributed by atoms with E-state index in [1.54, 1.807) is 6.92 Å². The summed E-state index contributed by atoms with van der Waals surface area (Å²) in [6, 6.07) is -4.29. The van der Waals surface area contributed by atoms with Gasteiger partial charge in [0.2, 0.25) is 30.3 Å². The second-order valence-electron chi connectivity index (χ2n) is 27.7. The third-order valence-electron chi connectivity index (χ3n) is 18.3. The Labute approximate surface area is 681 Å². The number of ether oxygens (including phenoxy) is 15. The van der Waals surface area contributed by atoms with E-state index in [9.17, 15) is 119 Å². The van der Waals surface area contributed by atoms with Crippen LogP contribution in [-0.4, -0.2) is 381 Å². The standard InChI is InChI=1S/C68H103N3O45S2/c1-26(2)62(94)99-15-13-97-43(78)9-11-45(80)102-22-42-39(114-115-67-51(86)49(84)54(57(110-67)60(90)91)108-64-32(69-29(5)73)17-37(112-96-8)40(20-72)104-64)19-34(71-31(7)75)66(106-42)109-55-50(85)52(87)68(111-58(55)61(92)93)116-113-38-18-33(70-30(6)74)65(107-53-48(83)47(82)28(4)103-56(53)59(88)89)105-41(38)21-101-46(81)12-10-44(79)98-14-16-100-63(95)27(3)24-118-25-36(77)35(76)23-117/h27-28,32-42,47-58,64-68,72,76-77,82-87,117H,1,9-25H2,2-8H3,(H,69,73)(H,70,74)(H,71,75)(H,88,89)(H,90,91)(H,92,93)/t27-,28?,32?,33?,34+,35?,36?,37+,38?,39+,40+,41+,42?,47?,48?,49?,50?,51?,52?,53-,54-,55-,56?,57?,58?,64+,65+,66+,67?,68?/m1/s1. The Morgan fingerprint density at radius 2 is 0.831 bits per heavy atom. The smallest absolute Gasteiger partial charge is 0.335 e. The highest BCUT2D eigenvalue weighted by atomic mass is 32.2. The van der Waals surface area contributed by atoms with E-state index < -0.39 is 333 Å². The van der Waals surface area contributed by atoms with Crippen molar-refractivity contribution in [2.24, 2.45) is 5.92 Å². The number of thiol groups is 1. The van der Waals surface area contributed by atoms with Crippen LogP contribution in [-0.2, 0) is 158 Å². The molecule has 6 rings (SSSR count). The number of hydrogen-bond donors (Lipinski definition) is 16. The van der Waals surface area contributed by atoms with Gasteiger partial charge in [-0.15, -0.1) is 0 Å². The molecule has 0 saturated carbocycles. The average molecular weight is 1750 g/mol. The van der Waals surface area contributed by atoms with Gasteiger partial charge in [0.25, 0.3) is 0 Å². The first-order valence-corrected chi connectivity index (χ1v) is 38.6. The summed E-state index contributed by atoms with van der Waals surface area (Å²) in [6.45, 7) is 6.44. The zero-order chi connectivity index (χ0) is 87.5. The van der Waals surface area contributed by atoms with E-state index >= 15 is 0 Å². The molecule has 6 heterocycles. The quantitative estimate of drug-likeness (QED) is 0.00512. The molecule has 50 heteroatoms. The van der Waals surface area contributed by atoms with Gasteiger partial charge in [0.05, 0.1) is 81.8 Å². The monoisotopic (exact) mass is 1750 g/mol. The van der Waals surface area contributed by atoms with Crippen LogP contribution in [0.4, 0.5) is 0 Å². The van der Waals surface area contributed by atoms with E-state index in [0.29, 0.717) is 0 Å². The average Bonchev–Trinajstić information content (AvgIpc) is 0.787. The van der Waals surface area contributed by atoms with Crippen LogP contribution in [0.5, 0.6) is 0 Å². The number of carbonyl (C=O) groups excluding carboxylic acids is 9. The van der Waals surface area contributed by atoms with Crippen molar-refractivity contribution in [3.8, 4) is 0 Å². The molecule has 15 N–H and O–H groups in total. The second kappa shape index (κ2) is 48.7. The van der Waals surface area contributed by atoms with Crippen molar-refractivity contribution in [3.05, 3.63) is 12.2 Å². The lowest BCUT2D eigenvalue weighted by atomic mass is 9.94. The van der Waals surface area contributed by atoms with Crippen LogP contribution >= 0.6 is 24.4 Å². The van der Waals surface area contributed by atoms with Crippen LogP contribution < -0.4 is 16.0 Å². The number of aliphatic hydroxyl groups excluding tert-OH is 9. The molecule has 6 aliphatic heterocycles. The number of hydrogen-bond acceptors (Lipinski definition) is 44. The second-order valence-corrected chi connectivity index (χ2v) is 29.2. The van der Waals surface area contributed by atoms with Crippen molar-refractivity contribution in [1.82, 2.24) is 16.0 Å². The van der Waals surface area contributed by atoms with Crippen molar-refractivity contribution in [2.75, 3.05) is 70.6 Å². The van der Waals surface area contributed by atoms with Crippen LogP contribution in [0.2, 0.25) is 0 Å². The number of esters is 6. The van der Waals surface area contributed by atoms with Crippen molar-refractivity contribution >= 4 is 95.8 Å². The van der Waals surface area contributed by atoms with Gasteiger partial charge in [-0.05, 0) is 13.8 Å². The van der Waals surface area contributed by atoms with Crippen molar-refractivity contribution in [1.29, 1.82) is 0 Å². The molecule has 6 saturated heterocycles. The molecule has 0 radical (unpaired) electrons. The van der Waals surface area contributed by atoms with Crippen LogP contribution in [0.1, 0.15) is 86.5 Å². The predicted octanol–water partition coefficient (Wildman–Crippen LogP) is -7.35.